The number of urea groups is 1. The predicted molar refractivity (Wildman–Crippen MR) is 77.3 cm³/mol. The van der Waals surface area contributed by atoms with E-state index in [4.69, 9.17) is 0 Å². The number of amides is 2. The van der Waals surface area contributed by atoms with Crippen molar-refractivity contribution in [3.05, 3.63) is 17.0 Å². The summed E-state index contributed by atoms with van der Waals surface area (Å²) in [6, 6.07) is -0.00658. The zero-order valence-corrected chi connectivity index (χ0v) is 12.9. The summed E-state index contributed by atoms with van der Waals surface area (Å²) in [5, 5.41) is 7.31. The number of nitrogens with zero attached hydrogens (tertiary/aromatic N) is 3. The van der Waals surface area contributed by atoms with Gasteiger partial charge in [0.25, 0.3) is 0 Å². The lowest BCUT2D eigenvalue weighted by Gasteiger charge is -2.18. The Hall–Kier alpha value is -1.52. The summed E-state index contributed by atoms with van der Waals surface area (Å²) in [4.78, 5) is 13.6. The normalized spacial score (nSPS) is 10.9. The minimum Gasteiger partial charge on any atom is -0.338 e. The molecule has 0 saturated carbocycles. The average Bonchev–Trinajstić information content (AvgIpc) is 2.58. The van der Waals surface area contributed by atoms with Crippen molar-refractivity contribution in [1.82, 2.24) is 20.0 Å². The third-order valence-electron chi connectivity index (χ3n) is 3.36. The topological polar surface area (TPSA) is 50.2 Å². The Morgan fingerprint density at radius 1 is 1.42 bits per heavy atom. The third kappa shape index (κ3) is 4.26. The molecule has 0 aliphatic heterocycles. The number of nitrogens with one attached hydrogen (secondary N) is 1. The van der Waals surface area contributed by atoms with Crippen LogP contribution in [-0.4, -0.2) is 40.8 Å². The van der Waals surface area contributed by atoms with Crippen LogP contribution in [0.3, 0.4) is 0 Å². The van der Waals surface area contributed by atoms with Crippen LogP contribution in [0.4, 0.5) is 4.79 Å². The Morgan fingerprint density at radius 2 is 2.05 bits per heavy atom. The number of carbonyl (C=O) groups is 1. The van der Waals surface area contributed by atoms with E-state index < -0.39 is 0 Å². The Morgan fingerprint density at radius 3 is 2.53 bits per heavy atom. The number of hydrogen-bond donors (Lipinski definition) is 1. The van der Waals surface area contributed by atoms with Crippen molar-refractivity contribution in [3.8, 4) is 0 Å². The summed E-state index contributed by atoms with van der Waals surface area (Å²) >= 11 is 0. The van der Waals surface area contributed by atoms with Gasteiger partial charge in [0, 0.05) is 32.9 Å². The summed E-state index contributed by atoms with van der Waals surface area (Å²) in [6.45, 7) is 9.67. The van der Waals surface area contributed by atoms with Gasteiger partial charge in [0.15, 0.2) is 0 Å². The van der Waals surface area contributed by atoms with Crippen LogP contribution in [0.25, 0.3) is 0 Å². The smallest absolute Gasteiger partial charge is 0.317 e. The zero-order chi connectivity index (χ0) is 14.6. The lowest BCUT2D eigenvalue weighted by atomic mass is 10.1. The molecule has 0 unspecified atom stereocenters. The second-order valence-electron chi connectivity index (χ2n) is 5.52. The van der Waals surface area contributed by atoms with Crippen LogP contribution in [0.1, 0.15) is 30.8 Å². The van der Waals surface area contributed by atoms with E-state index in [1.807, 2.05) is 25.7 Å². The maximum Gasteiger partial charge on any atom is 0.317 e. The summed E-state index contributed by atoms with van der Waals surface area (Å²) in [5.41, 5.74) is 3.47. The Kier molecular flexibility index (Phi) is 5.39. The molecule has 0 aromatic carbocycles. The maximum atomic E-state index is 11.8. The van der Waals surface area contributed by atoms with Gasteiger partial charge in [-0.2, -0.15) is 5.10 Å². The van der Waals surface area contributed by atoms with Crippen LogP contribution in [0.5, 0.6) is 0 Å². The number of likely N-dealkylation sites (N-methyl/N-ethyl adjacent to an activating group) is 1. The van der Waals surface area contributed by atoms with Gasteiger partial charge in [-0.3, -0.25) is 4.68 Å². The van der Waals surface area contributed by atoms with E-state index in [1.165, 1.54) is 11.3 Å². The first-order chi connectivity index (χ1) is 8.82. The van der Waals surface area contributed by atoms with Gasteiger partial charge in [0.1, 0.15) is 0 Å². The van der Waals surface area contributed by atoms with Crippen molar-refractivity contribution in [2.75, 3.05) is 20.1 Å². The molecule has 5 nitrogen and oxygen atoms in total. The molecular formula is C14H26N4O. The molecule has 1 N–H and O–H groups in total. The highest BCUT2D eigenvalue weighted by Crippen LogP contribution is 2.12. The summed E-state index contributed by atoms with van der Waals surface area (Å²) < 4.78 is 1.89. The van der Waals surface area contributed by atoms with E-state index in [1.54, 1.807) is 4.90 Å². The molecule has 0 atom stereocenters. The van der Waals surface area contributed by atoms with Gasteiger partial charge in [-0.05, 0) is 31.7 Å². The maximum absolute atomic E-state index is 11.8. The van der Waals surface area contributed by atoms with Crippen molar-refractivity contribution >= 4 is 6.03 Å². The first kappa shape index (κ1) is 15.5. The molecule has 5 heteroatoms. The van der Waals surface area contributed by atoms with E-state index in [0.717, 1.165) is 12.1 Å². The fourth-order valence-corrected chi connectivity index (χ4v) is 1.99. The Bertz CT molecular complexity index is 437. The van der Waals surface area contributed by atoms with E-state index in [-0.39, 0.29) is 6.03 Å². The van der Waals surface area contributed by atoms with Crippen LogP contribution in [-0.2, 0) is 13.5 Å². The van der Waals surface area contributed by atoms with Crippen LogP contribution in [0, 0.1) is 19.8 Å². The number of carbonyl (C=O) groups excluding carboxylic acids is 1. The Labute approximate surface area is 116 Å². The molecular weight excluding hydrogens is 240 g/mol. The quantitative estimate of drug-likeness (QED) is 0.884. The van der Waals surface area contributed by atoms with Crippen molar-refractivity contribution < 1.29 is 4.79 Å². The molecule has 0 aliphatic rings. The van der Waals surface area contributed by atoms with Crippen LogP contribution < -0.4 is 5.32 Å². The molecule has 108 valence electrons. The van der Waals surface area contributed by atoms with Crippen LogP contribution in [0.2, 0.25) is 0 Å². The highest BCUT2D eigenvalue weighted by molar-refractivity contribution is 5.73. The second-order valence-corrected chi connectivity index (χ2v) is 5.52. The molecule has 0 radical (unpaired) electrons. The zero-order valence-electron chi connectivity index (χ0n) is 12.9. The minimum absolute atomic E-state index is 0.00658. The van der Waals surface area contributed by atoms with Crippen molar-refractivity contribution in [3.63, 3.8) is 0 Å². The van der Waals surface area contributed by atoms with Gasteiger partial charge in [-0.1, -0.05) is 13.8 Å². The second kappa shape index (κ2) is 6.59. The SMILES string of the molecule is Cc1nn(C)c(C)c1CCN(C)C(=O)NCC(C)C. The molecule has 1 heterocycles. The molecule has 1 rings (SSSR count). The van der Waals surface area contributed by atoms with E-state index >= 15 is 0 Å². The fourth-order valence-electron chi connectivity index (χ4n) is 1.99. The van der Waals surface area contributed by atoms with E-state index in [2.05, 4.69) is 31.2 Å². The van der Waals surface area contributed by atoms with Crippen LogP contribution in [0.15, 0.2) is 0 Å². The molecule has 0 bridgehead atoms. The number of aryl methyl sites for hydroxylation is 2. The molecule has 0 saturated heterocycles. The first-order valence-electron chi connectivity index (χ1n) is 6.81. The molecule has 0 spiro atoms. The monoisotopic (exact) mass is 266 g/mol. The highest BCUT2D eigenvalue weighted by atomic mass is 16.2. The molecule has 2 amide bonds. The third-order valence-corrected chi connectivity index (χ3v) is 3.36. The largest absolute Gasteiger partial charge is 0.338 e. The highest BCUT2D eigenvalue weighted by Gasteiger charge is 2.13. The van der Waals surface area contributed by atoms with Gasteiger partial charge in [-0.25, -0.2) is 4.79 Å². The number of hydrogen-bond acceptors (Lipinski definition) is 2. The Balaban J connectivity index is 2.49. The first-order valence-corrected chi connectivity index (χ1v) is 6.81. The van der Waals surface area contributed by atoms with Gasteiger partial charge >= 0.3 is 6.03 Å². The fraction of sp³-hybridized carbons (Fsp3) is 0.714. The average molecular weight is 266 g/mol. The lowest BCUT2D eigenvalue weighted by molar-refractivity contribution is 0.208. The molecule has 1 aromatic rings. The van der Waals surface area contributed by atoms with Gasteiger partial charge < -0.3 is 10.2 Å². The van der Waals surface area contributed by atoms with E-state index in [0.29, 0.717) is 19.0 Å². The summed E-state index contributed by atoms with van der Waals surface area (Å²) in [5.74, 6) is 0.472. The van der Waals surface area contributed by atoms with Crippen LogP contribution >= 0.6 is 0 Å². The van der Waals surface area contributed by atoms with Crippen molar-refractivity contribution in [2.45, 2.75) is 34.1 Å². The van der Waals surface area contributed by atoms with Gasteiger partial charge in [-0.15, -0.1) is 0 Å². The van der Waals surface area contributed by atoms with Crippen molar-refractivity contribution in [1.29, 1.82) is 0 Å². The predicted octanol–water partition coefficient (Wildman–Crippen LogP) is 1.88. The molecule has 0 aliphatic carbocycles. The molecule has 0 fully saturated rings. The summed E-state index contributed by atoms with van der Waals surface area (Å²) in [6.07, 6.45) is 0.844. The van der Waals surface area contributed by atoms with Gasteiger partial charge in [0.2, 0.25) is 0 Å². The summed E-state index contributed by atoms with van der Waals surface area (Å²) in [7, 11) is 3.78. The standard InChI is InChI=1S/C14H26N4O/c1-10(2)9-15-14(19)17(5)8-7-13-11(3)16-18(6)12(13)4/h10H,7-9H2,1-6H3,(H,15,19). The molecule has 19 heavy (non-hydrogen) atoms. The number of rotatable bonds is 5. The lowest BCUT2D eigenvalue weighted by Crippen LogP contribution is -2.39. The molecule has 1 aromatic heterocycles. The minimum atomic E-state index is -0.00658. The number of aromatic nitrogens is 2. The van der Waals surface area contributed by atoms with E-state index in [9.17, 15) is 4.79 Å². The van der Waals surface area contributed by atoms with Gasteiger partial charge in [0.05, 0.1) is 5.69 Å². The van der Waals surface area contributed by atoms with Crippen molar-refractivity contribution in [2.24, 2.45) is 13.0 Å².